The number of amides is 1. The Morgan fingerprint density at radius 2 is 1.69 bits per heavy atom. The fraction of sp³-hybridized carbons (Fsp3) is 0.450. The van der Waals surface area contributed by atoms with E-state index >= 15 is 0 Å². The quantitative estimate of drug-likeness (QED) is 0.772. The Morgan fingerprint density at radius 1 is 1.08 bits per heavy atom. The Labute approximate surface area is 158 Å². The van der Waals surface area contributed by atoms with Gasteiger partial charge in [-0.15, -0.1) is 11.3 Å². The zero-order valence-electron chi connectivity index (χ0n) is 15.8. The Hall–Kier alpha value is -2.05. The molecule has 0 radical (unpaired) electrons. The van der Waals surface area contributed by atoms with Crippen molar-refractivity contribution in [2.24, 2.45) is 0 Å². The largest absolute Gasteiger partial charge is 0.335 e. The maximum Gasteiger partial charge on any atom is 0.265 e. The Balaban J connectivity index is 1.75. The van der Waals surface area contributed by atoms with Gasteiger partial charge in [0.1, 0.15) is 9.88 Å². The SMILES string of the molecule is CC(=O)c1ccc(-c2nc(C)c(C(=O)N3CCN(C(C)C)CC3)s2)cc1. The molecule has 0 atom stereocenters. The van der Waals surface area contributed by atoms with Gasteiger partial charge in [0.2, 0.25) is 0 Å². The van der Waals surface area contributed by atoms with Crippen LogP contribution in [0, 0.1) is 6.92 Å². The van der Waals surface area contributed by atoms with Gasteiger partial charge in [-0.25, -0.2) is 4.98 Å². The van der Waals surface area contributed by atoms with Crippen molar-refractivity contribution in [1.82, 2.24) is 14.8 Å². The van der Waals surface area contributed by atoms with Crippen molar-refractivity contribution in [2.75, 3.05) is 26.2 Å². The second-order valence-corrected chi connectivity index (χ2v) is 7.99. The van der Waals surface area contributed by atoms with Crippen LogP contribution in [0.5, 0.6) is 0 Å². The van der Waals surface area contributed by atoms with Gasteiger partial charge in [-0.3, -0.25) is 14.5 Å². The first kappa shape index (κ1) is 18.7. The minimum absolute atomic E-state index is 0.0447. The lowest BCUT2D eigenvalue weighted by Crippen LogP contribution is -2.50. The van der Waals surface area contributed by atoms with E-state index in [2.05, 4.69) is 23.7 Å². The molecule has 2 aromatic rings. The van der Waals surface area contributed by atoms with Crippen molar-refractivity contribution < 1.29 is 9.59 Å². The van der Waals surface area contributed by atoms with Gasteiger partial charge >= 0.3 is 0 Å². The number of carbonyl (C=O) groups is 2. The van der Waals surface area contributed by atoms with Crippen LogP contribution in [0.15, 0.2) is 24.3 Å². The number of rotatable bonds is 4. The van der Waals surface area contributed by atoms with Gasteiger partial charge in [-0.05, 0) is 27.7 Å². The van der Waals surface area contributed by atoms with Crippen LogP contribution in [-0.2, 0) is 0 Å². The summed E-state index contributed by atoms with van der Waals surface area (Å²) in [5, 5.41) is 0.821. The first-order chi connectivity index (χ1) is 12.4. The third-order valence-electron chi connectivity index (χ3n) is 4.86. The van der Waals surface area contributed by atoms with E-state index in [1.54, 1.807) is 19.1 Å². The lowest BCUT2D eigenvalue weighted by atomic mass is 10.1. The highest BCUT2D eigenvalue weighted by Crippen LogP contribution is 2.29. The van der Waals surface area contributed by atoms with Crippen molar-refractivity contribution in [3.63, 3.8) is 0 Å². The van der Waals surface area contributed by atoms with Crippen LogP contribution >= 0.6 is 11.3 Å². The van der Waals surface area contributed by atoms with E-state index in [-0.39, 0.29) is 11.7 Å². The van der Waals surface area contributed by atoms with E-state index in [1.807, 2.05) is 24.0 Å². The Bertz CT molecular complexity index is 803. The highest BCUT2D eigenvalue weighted by Gasteiger charge is 2.26. The summed E-state index contributed by atoms with van der Waals surface area (Å²) in [6, 6.07) is 7.92. The summed E-state index contributed by atoms with van der Waals surface area (Å²) >= 11 is 1.43. The molecule has 138 valence electrons. The smallest absolute Gasteiger partial charge is 0.265 e. The fourth-order valence-corrected chi connectivity index (χ4v) is 4.19. The van der Waals surface area contributed by atoms with E-state index in [0.29, 0.717) is 16.5 Å². The van der Waals surface area contributed by atoms with Crippen molar-refractivity contribution in [3.05, 3.63) is 40.4 Å². The Kier molecular flexibility index (Phi) is 5.53. The fourth-order valence-electron chi connectivity index (χ4n) is 3.15. The number of carbonyl (C=O) groups excluding carboxylic acids is 2. The van der Waals surface area contributed by atoms with E-state index in [0.717, 1.165) is 42.4 Å². The summed E-state index contributed by atoms with van der Waals surface area (Å²) in [6.07, 6.45) is 0. The zero-order chi connectivity index (χ0) is 18.8. The second-order valence-electron chi connectivity index (χ2n) is 6.99. The van der Waals surface area contributed by atoms with Gasteiger partial charge in [0.05, 0.1) is 5.69 Å². The lowest BCUT2D eigenvalue weighted by Gasteiger charge is -2.36. The molecule has 6 heteroatoms. The molecule has 2 heterocycles. The minimum atomic E-state index is 0.0447. The molecule has 1 fully saturated rings. The van der Waals surface area contributed by atoms with Crippen molar-refractivity contribution in [1.29, 1.82) is 0 Å². The predicted molar refractivity (Wildman–Crippen MR) is 105 cm³/mol. The van der Waals surface area contributed by atoms with Crippen LogP contribution in [0.3, 0.4) is 0 Å². The molecule has 1 aliphatic heterocycles. The molecule has 5 nitrogen and oxygen atoms in total. The first-order valence-corrected chi connectivity index (χ1v) is 9.80. The molecule has 0 N–H and O–H groups in total. The standard InChI is InChI=1S/C20H25N3O2S/c1-13(2)22-9-11-23(12-10-22)20(25)18-14(3)21-19(26-18)17-7-5-16(6-8-17)15(4)24/h5-8,13H,9-12H2,1-4H3. The van der Waals surface area contributed by atoms with Crippen molar-refractivity contribution >= 4 is 23.0 Å². The second kappa shape index (κ2) is 7.68. The predicted octanol–water partition coefficient (Wildman–Crippen LogP) is 3.49. The van der Waals surface area contributed by atoms with Crippen molar-refractivity contribution in [3.8, 4) is 10.6 Å². The van der Waals surface area contributed by atoms with Crippen LogP contribution in [0.2, 0.25) is 0 Å². The van der Waals surface area contributed by atoms with E-state index in [9.17, 15) is 9.59 Å². The number of piperazine rings is 1. The third kappa shape index (κ3) is 3.86. The Morgan fingerprint density at radius 3 is 2.23 bits per heavy atom. The number of Topliss-reactive ketones (excluding diaryl/α,β-unsaturated/α-hetero) is 1. The molecule has 1 amide bonds. The molecule has 0 aliphatic carbocycles. The number of aryl methyl sites for hydroxylation is 1. The summed E-state index contributed by atoms with van der Waals surface area (Å²) in [4.78, 5) is 34.0. The number of ketones is 1. The number of nitrogens with zero attached hydrogens (tertiary/aromatic N) is 3. The molecule has 1 saturated heterocycles. The molecular weight excluding hydrogens is 346 g/mol. The monoisotopic (exact) mass is 371 g/mol. The number of hydrogen-bond acceptors (Lipinski definition) is 5. The van der Waals surface area contributed by atoms with Crippen LogP contribution in [0.1, 0.15) is 46.5 Å². The highest BCUT2D eigenvalue weighted by atomic mass is 32.1. The summed E-state index contributed by atoms with van der Waals surface area (Å²) in [6.45, 7) is 11.2. The number of hydrogen-bond donors (Lipinski definition) is 0. The average molecular weight is 372 g/mol. The van der Waals surface area contributed by atoms with Crippen LogP contribution in [0.25, 0.3) is 10.6 Å². The summed E-state index contributed by atoms with van der Waals surface area (Å²) in [7, 11) is 0. The molecular formula is C20H25N3O2S. The number of thiazole rings is 1. The minimum Gasteiger partial charge on any atom is -0.335 e. The third-order valence-corrected chi connectivity index (χ3v) is 6.06. The maximum atomic E-state index is 12.9. The van der Waals surface area contributed by atoms with Gasteiger partial charge in [-0.1, -0.05) is 24.3 Å². The molecule has 0 unspecified atom stereocenters. The van der Waals surface area contributed by atoms with E-state index in [1.165, 1.54) is 11.3 Å². The molecule has 1 aromatic carbocycles. The van der Waals surface area contributed by atoms with Gasteiger partial charge in [0.25, 0.3) is 5.91 Å². The van der Waals surface area contributed by atoms with E-state index < -0.39 is 0 Å². The molecule has 26 heavy (non-hydrogen) atoms. The lowest BCUT2D eigenvalue weighted by molar-refractivity contribution is 0.0599. The molecule has 1 aliphatic rings. The summed E-state index contributed by atoms with van der Waals surface area (Å²) < 4.78 is 0. The van der Waals surface area contributed by atoms with Crippen LogP contribution in [0.4, 0.5) is 0 Å². The molecule has 0 spiro atoms. The molecule has 3 rings (SSSR count). The van der Waals surface area contributed by atoms with Crippen LogP contribution < -0.4 is 0 Å². The molecule has 0 bridgehead atoms. The van der Waals surface area contributed by atoms with Gasteiger partial charge in [-0.2, -0.15) is 0 Å². The highest BCUT2D eigenvalue weighted by molar-refractivity contribution is 7.17. The maximum absolute atomic E-state index is 12.9. The summed E-state index contributed by atoms with van der Waals surface area (Å²) in [5.74, 6) is 0.123. The van der Waals surface area contributed by atoms with Gasteiger partial charge < -0.3 is 4.90 Å². The van der Waals surface area contributed by atoms with Gasteiger partial charge in [0, 0.05) is 43.3 Å². The first-order valence-electron chi connectivity index (χ1n) is 8.99. The zero-order valence-corrected chi connectivity index (χ0v) is 16.6. The average Bonchev–Trinajstić information content (AvgIpc) is 3.03. The number of aromatic nitrogens is 1. The molecule has 0 saturated carbocycles. The van der Waals surface area contributed by atoms with E-state index in [4.69, 9.17) is 0 Å². The van der Waals surface area contributed by atoms with Crippen LogP contribution in [-0.4, -0.2) is 58.7 Å². The van der Waals surface area contributed by atoms with Gasteiger partial charge in [0.15, 0.2) is 5.78 Å². The summed E-state index contributed by atoms with van der Waals surface area (Å²) in [5.41, 5.74) is 2.39. The number of benzene rings is 1. The molecule has 1 aromatic heterocycles. The topological polar surface area (TPSA) is 53.5 Å². The normalized spacial score (nSPS) is 15.5. The van der Waals surface area contributed by atoms with Crippen molar-refractivity contribution in [2.45, 2.75) is 33.7 Å².